The number of hydrogen-bond acceptors (Lipinski definition) is 4. The quantitative estimate of drug-likeness (QED) is 0.661. The Labute approximate surface area is 91.8 Å². The van der Waals surface area contributed by atoms with E-state index in [1.807, 2.05) is 20.8 Å². The molecule has 1 saturated heterocycles. The molecule has 0 aromatic carbocycles. The van der Waals surface area contributed by atoms with E-state index < -0.39 is 11.6 Å². The van der Waals surface area contributed by atoms with Crippen molar-refractivity contribution >= 4 is 0 Å². The van der Waals surface area contributed by atoms with Crippen molar-refractivity contribution in [3.05, 3.63) is 0 Å². The fourth-order valence-electron chi connectivity index (χ4n) is 2.00. The normalized spacial score (nSPS) is 30.4. The van der Waals surface area contributed by atoms with Gasteiger partial charge in [-0.3, -0.25) is 0 Å². The van der Waals surface area contributed by atoms with Crippen molar-refractivity contribution in [2.75, 3.05) is 26.9 Å². The van der Waals surface area contributed by atoms with Crippen LogP contribution in [0.2, 0.25) is 0 Å². The first kappa shape index (κ1) is 12.9. The van der Waals surface area contributed by atoms with Gasteiger partial charge in [-0.25, -0.2) is 0 Å². The van der Waals surface area contributed by atoms with Gasteiger partial charge in [0.2, 0.25) is 0 Å². The molecular weight excluding hydrogens is 196 g/mol. The molecular formula is C11H22O4. The summed E-state index contributed by atoms with van der Waals surface area (Å²) in [6.45, 7) is 7.74. The molecule has 0 radical (unpaired) electrons. The monoisotopic (exact) mass is 218 g/mol. The van der Waals surface area contributed by atoms with Crippen LogP contribution in [-0.4, -0.2) is 38.5 Å². The fraction of sp³-hybridized carbons (Fsp3) is 1.00. The molecule has 0 aromatic rings. The lowest BCUT2D eigenvalue weighted by Crippen LogP contribution is -2.51. The van der Waals surface area contributed by atoms with Crippen molar-refractivity contribution in [3.63, 3.8) is 0 Å². The predicted octanol–water partition coefficient (Wildman–Crippen LogP) is 1.93. The summed E-state index contributed by atoms with van der Waals surface area (Å²) < 4.78 is 22.4. The first-order valence-electron chi connectivity index (χ1n) is 5.57. The minimum absolute atomic E-state index is 0.535. The first-order valence-corrected chi connectivity index (χ1v) is 5.57. The third kappa shape index (κ3) is 3.14. The van der Waals surface area contributed by atoms with E-state index in [0.29, 0.717) is 26.2 Å². The molecule has 0 N–H and O–H groups in total. The SMILES string of the molecule is CCOC1(OCC)CCOC(C)(OC)C1. The van der Waals surface area contributed by atoms with Gasteiger partial charge in [0.05, 0.1) is 13.0 Å². The van der Waals surface area contributed by atoms with Crippen LogP contribution in [0.4, 0.5) is 0 Å². The fourth-order valence-corrected chi connectivity index (χ4v) is 2.00. The maximum absolute atomic E-state index is 5.73. The molecule has 4 heteroatoms. The average Bonchev–Trinajstić information content (AvgIpc) is 2.18. The summed E-state index contributed by atoms with van der Waals surface area (Å²) in [5.41, 5.74) is 0. The van der Waals surface area contributed by atoms with Crippen molar-refractivity contribution < 1.29 is 18.9 Å². The maximum Gasteiger partial charge on any atom is 0.175 e. The van der Waals surface area contributed by atoms with Crippen molar-refractivity contribution in [1.29, 1.82) is 0 Å². The first-order chi connectivity index (χ1) is 7.10. The number of rotatable bonds is 5. The van der Waals surface area contributed by atoms with Gasteiger partial charge in [0.15, 0.2) is 11.6 Å². The van der Waals surface area contributed by atoms with Crippen molar-refractivity contribution in [2.24, 2.45) is 0 Å². The Morgan fingerprint density at radius 3 is 2.27 bits per heavy atom. The van der Waals surface area contributed by atoms with Crippen LogP contribution in [0.1, 0.15) is 33.6 Å². The molecule has 1 aliphatic rings. The zero-order valence-electron chi connectivity index (χ0n) is 10.2. The molecule has 1 unspecified atom stereocenters. The highest BCUT2D eigenvalue weighted by molar-refractivity contribution is 4.83. The molecule has 90 valence electrons. The van der Waals surface area contributed by atoms with Gasteiger partial charge in [0.25, 0.3) is 0 Å². The zero-order valence-corrected chi connectivity index (χ0v) is 10.2. The number of hydrogen-bond donors (Lipinski definition) is 0. The summed E-state index contributed by atoms with van der Waals surface area (Å²) in [4.78, 5) is 0. The average molecular weight is 218 g/mol. The summed E-state index contributed by atoms with van der Waals surface area (Å²) in [7, 11) is 1.65. The van der Waals surface area contributed by atoms with E-state index in [-0.39, 0.29) is 0 Å². The largest absolute Gasteiger partial charge is 0.353 e. The van der Waals surface area contributed by atoms with Gasteiger partial charge < -0.3 is 18.9 Å². The van der Waals surface area contributed by atoms with Gasteiger partial charge in [-0.2, -0.15) is 0 Å². The Morgan fingerprint density at radius 1 is 1.20 bits per heavy atom. The molecule has 0 saturated carbocycles. The van der Waals surface area contributed by atoms with Crippen LogP contribution >= 0.6 is 0 Å². The highest BCUT2D eigenvalue weighted by atomic mass is 16.7. The molecule has 0 aliphatic carbocycles. The Hall–Kier alpha value is -0.160. The Bertz CT molecular complexity index is 184. The van der Waals surface area contributed by atoms with Crippen LogP contribution in [0.25, 0.3) is 0 Å². The zero-order chi connectivity index (χ0) is 11.4. The van der Waals surface area contributed by atoms with Gasteiger partial charge in [-0.05, 0) is 20.8 Å². The van der Waals surface area contributed by atoms with E-state index in [4.69, 9.17) is 18.9 Å². The molecule has 1 rings (SSSR count). The summed E-state index contributed by atoms with van der Waals surface area (Å²) in [5.74, 6) is -1.13. The minimum atomic E-state index is -0.595. The van der Waals surface area contributed by atoms with E-state index >= 15 is 0 Å². The van der Waals surface area contributed by atoms with Crippen LogP contribution in [0.3, 0.4) is 0 Å². The third-order valence-electron chi connectivity index (χ3n) is 2.73. The molecule has 1 fully saturated rings. The molecule has 15 heavy (non-hydrogen) atoms. The number of methoxy groups -OCH3 is 1. The van der Waals surface area contributed by atoms with Gasteiger partial charge in [0, 0.05) is 26.7 Å². The lowest BCUT2D eigenvalue weighted by atomic mass is 9.99. The van der Waals surface area contributed by atoms with E-state index in [9.17, 15) is 0 Å². The van der Waals surface area contributed by atoms with Crippen LogP contribution < -0.4 is 0 Å². The lowest BCUT2D eigenvalue weighted by Gasteiger charge is -2.44. The Kier molecular flexibility index (Phi) is 4.52. The Morgan fingerprint density at radius 2 is 1.80 bits per heavy atom. The molecule has 0 spiro atoms. The molecule has 1 aliphatic heterocycles. The molecule has 0 amide bonds. The predicted molar refractivity (Wildman–Crippen MR) is 56.6 cm³/mol. The summed E-state index contributed by atoms with van der Waals surface area (Å²) in [6.07, 6.45) is 1.37. The highest BCUT2D eigenvalue weighted by Crippen LogP contribution is 2.36. The van der Waals surface area contributed by atoms with Gasteiger partial charge >= 0.3 is 0 Å². The van der Waals surface area contributed by atoms with Crippen molar-refractivity contribution in [2.45, 2.75) is 45.2 Å². The highest BCUT2D eigenvalue weighted by Gasteiger charge is 2.45. The molecule has 0 bridgehead atoms. The van der Waals surface area contributed by atoms with E-state index in [1.165, 1.54) is 0 Å². The second kappa shape index (κ2) is 5.25. The van der Waals surface area contributed by atoms with Gasteiger partial charge in [0.1, 0.15) is 0 Å². The van der Waals surface area contributed by atoms with Crippen LogP contribution in [0, 0.1) is 0 Å². The second-order valence-electron chi connectivity index (χ2n) is 3.89. The third-order valence-corrected chi connectivity index (χ3v) is 2.73. The number of ether oxygens (including phenoxy) is 4. The van der Waals surface area contributed by atoms with Crippen LogP contribution in [0.5, 0.6) is 0 Å². The van der Waals surface area contributed by atoms with Gasteiger partial charge in [-0.15, -0.1) is 0 Å². The molecule has 0 aromatic heterocycles. The van der Waals surface area contributed by atoms with Crippen LogP contribution in [-0.2, 0) is 18.9 Å². The Balaban J connectivity index is 2.70. The van der Waals surface area contributed by atoms with Crippen LogP contribution in [0.15, 0.2) is 0 Å². The second-order valence-corrected chi connectivity index (χ2v) is 3.89. The molecule has 1 heterocycles. The van der Waals surface area contributed by atoms with Gasteiger partial charge in [-0.1, -0.05) is 0 Å². The topological polar surface area (TPSA) is 36.9 Å². The smallest absolute Gasteiger partial charge is 0.175 e. The maximum atomic E-state index is 5.73. The molecule has 1 atom stereocenters. The van der Waals surface area contributed by atoms with E-state index in [0.717, 1.165) is 6.42 Å². The molecule has 4 nitrogen and oxygen atoms in total. The minimum Gasteiger partial charge on any atom is -0.353 e. The van der Waals surface area contributed by atoms with E-state index in [1.54, 1.807) is 7.11 Å². The summed E-state index contributed by atoms with van der Waals surface area (Å²) in [6, 6.07) is 0. The van der Waals surface area contributed by atoms with E-state index in [2.05, 4.69) is 0 Å². The van der Waals surface area contributed by atoms with Crippen molar-refractivity contribution in [3.8, 4) is 0 Å². The standard InChI is InChI=1S/C11H22O4/c1-5-13-11(14-6-2)7-8-15-10(3,9-11)12-4/h5-9H2,1-4H3. The summed E-state index contributed by atoms with van der Waals surface area (Å²) in [5, 5.41) is 0. The van der Waals surface area contributed by atoms with Crippen molar-refractivity contribution in [1.82, 2.24) is 0 Å². The summed E-state index contributed by atoms with van der Waals surface area (Å²) >= 11 is 0. The lowest BCUT2D eigenvalue weighted by molar-refractivity contribution is -0.340.